The average molecular weight is 199 g/mol. The lowest BCUT2D eigenvalue weighted by molar-refractivity contribution is -0.156. The lowest BCUT2D eigenvalue weighted by atomic mass is 10.1. The fourth-order valence-electron chi connectivity index (χ4n) is 1.91. The molecule has 2 aliphatic rings. The Morgan fingerprint density at radius 2 is 2.36 bits per heavy atom. The monoisotopic (exact) mass is 199 g/mol. The molecule has 0 radical (unpaired) electrons. The smallest absolute Gasteiger partial charge is 0.317 e. The van der Waals surface area contributed by atoms with Crippen molar-refractivity contribution in [1.29, 1.82) is 0 Å². The van der Waals surface area contributed by atoms with Crippen LogP contribution in [0.2, 0.25) is 0 Å². The molecule has 78 valence electrons. The van der Waals surface area contributed by atoms with Gasteiger partial charge in [0.2, 0.25) is 0 Å². The maximum absolute atomic E-state index is 11.6. The van der Waals surface area contributed by atoms with Crippen molar-refractivity contribution in [3.63, 3.8) is 0 Å². The number of rotatable bonds is 1. The number of carboxylic acids is 1. The molecule has 6 nitrogen and oxygen atoms in total. The average Bonchev–Trinajstić information content (AvgIpc) is 2.46. The van der Waals surface area contributed by atoms with Crippen LogP contribution in [0.15, 0.2) is 0 Å². The summed E-state index contributed by atoms with van der Waals surface area (Å²) in [6.45, 7) is 2.19. The number of hydrogen-bond donors (Lipinski definition) is 3. The van der Waals surface area contributed by atoms with E-state index in [2.05, 4.69) is 10.7 Å². The van der Waals surface area contributed by atoms with Crippen LogP contribution >= 0.6 is 0 Å². The zero-order chi connectivity index (χ0) is 10.3. The molecule has 2 fully saturated rings. The van der Waals surface area contributed by atoms with Crippen molar-refractivity contribution in [2.45, 2.75) is 25.6 Å². The molecule has 14 heavy (non-hydrogen) atoms. The number of aliphatic carboxylic acids is 1. The molecule has 2 rings (SSSR count). The van der Waals surface area contributed by atoms with E-state index >= 15 is 0 Å². The van der Waals surface area contributed by atoms with Crippen molar-refractivity contribution in [3.8, 4) is 0 Å². The molecule has 6 heteroatoms. The Labute approximate surface area is 81.2 Å². The summed E-state index contributed by atoms with van der Waals surface area (Å²) in [6, 6.07) is 0.212. The molecule has 1 amide bonds. The molecule has 0 aromatic heterocycles. The van der Waals surface area contributed by atoms with E-state index in [1.807, 2.05) is 6.92 Å². The summed E-state index contributed by atoms with van der Waals surface area (Å²) in [7, 11) is 0. The first-order chi connectivity index (χ1) is 6.59. The molecule has 0 aliphatic carbocycles. The standard InChI is InChI=1S/C8H13N3O3/c1-4-2-6-9-3-5(8(13)14)7(12)11(6)10-4/h4-6,9-10H,2-3H2,1H3,(H,13,14). The summed E-state index contributed by atoms with van der Waals surface area (Å²) in [5.41, 5.74) is 2.95. The number of hydrazine groups is 1. The van der Waals surface area contributed by atoms with Crippen LogP contribution in [0.3, 0.4) is 0 Å². The molecule has 2 aliphatic heterocycles. The number of fused-ring (bicyclic) bond motifs is 1. The van der Waals surface area contributed by atoms with Gasteiger partial charge in [0, 0.05) is 12.6 Å². The van der Waals surface area contributed by atoms with E-state index in [1.165, 1.54) is 5.01 Å². The number of amides is 1. The molecule has 0 aromatic rings. The Hall–Kier alpha value is -1.14. The lowest BCUT2D eigenvalue weighted by Gasteiger charge is -2.32. The third-order valence-corrected chi connectivity index (χ3v) is 2.64. The van der Waals surface area contributed by atoms with Crippen molar-refractivity contribution in [3.05, 3.63) is 0 Å². The Balaban J connectivity index is 2.13. The molecule has 3 unspecified atom stereocenters. The van der Waals surface area contributed by atoms with Crippen molar-refractivity contribution in [2.75, 3.05) is 6.54 Å². The minimum absolute atomic E-state index is 0.0481. The zero-order valence-corrected chi connectivity index (χ0v) is 7.86. The van der Waals surface area contributed by atoms with Crippen molar-refractivity contribution >= 4 is 11.9 Å². The Kier molecular flexibility index (Phi) is 2.16. The molecule has 0 aromatic carbocycles. The second-order valence-electron chi connectivity index (χ2n) is 3.79. The van der Waals surface area contributed by atoms with Gasteiger partial charge in [0.05, 0.1) is 6.17 Å². The van der Waals surface area contributed by atoms with E-state index in [9.17, 15) is 9.59 Å². The minimum atomic E-state index is -1.07. The first-order valence-corrected chi connectivity index (χ1v) is 4.65. The molecule has 0 bridgehead atoms. The van der Waals surface area contributed by atoms with Gasteiger partial charge in [-0.05, 0) is 13.3 Å². The summed E-state index contributed by atoms with van der Waals surface area (Å²) < 4.78 is 0. The summed E-state index contributed by atoms with van der Waals surface area (Å²) in [4.78, 5) is 22.4. The van der Waals surface area contributed by atoms with Gasteiger partial charge in [-0.3, -0.25) is 19.9 Å². The van der Waals surface area contributed by atoms with E-state index in [1.54, 1.807) is 0 Å². The van der Waals surface area contributed by atoms with Gasteiger partial charge in [0.25, 0.3) is 5.91 Å². The fraction of sp³-hybridized carbons (Fsp3) is 0.750. The lowest BCUT2D eigenvalue weighted by Crippen LogP contribution is -2.60. The summed E-state index contributed by atoms with van der Waals surface area (Å²) in [6.07, 6.45) is 0.769. The van der Waals surface area contributed by atoms with E-state index in [0.29, 0.717) is 0 Å². The predicted molar refractivity (Wildman–Crippen MR) is 47.0 cm³/mol. The molecule has 3 N–H and O–H groups in total. The summed E-state index contributed by atoms with van der Waals surface area (Å²) in [5, 5.41) is 13.2. The van der Waals surface area contributed by atoms with Gasteiger partial charge in [-0.1, -0.05) is 0 Å². The van der Waals surface area contributed by atoms with E-state index in [-0.39, 0.29) is 24.7 Å². The molecule has 2 saturated heterocycles. The Morgan fingerprint density at radius 3 is 3.00 bits per heavy atom. The zero-order valence-electron chi connectivity index (χ0n) is 7.86. The number of carbonyl (C=O) groups is 2. The van der Waals surface area contributed by atoms with Crippen LogP contribution in [0.5, 0.6) is 0 Å². The molecule has 3 atom stereocenters. The van der Waals surface area contributed by atoms with Crippen molar-refractivity contribution in [1.82, 2.24) is 15.8 Å². The predicted octanol–water partition coefficient (Wildman–Crippen LogP) is -1.26. The molecule has 2 heterocycles. The number of nitrogens with one attached hydrogen (secondary N) is 2. The first-order valence-electron chi connectivity index (χ1n) is 4.65. The number of nitrogens with zero attached hydrogens (tertiary/aromatic N) is 1. The highest BCUT2D eigenvalue weighted by Gasteiger charge is 2.43. The van der Waals surface area contributed by atoms with Crippen LogP contribution in [-0.4, -0.2) is 40.7 Å². The van der Waals surface area contributed by atoms with Gasteiger partial charge in [0.1, 0.15) is 5.92 Å². The van der Waals surface area contributed by atoms with Gasteiger partial charge < -0.3 is 5.11 Å². The van der Waals surface area contributed by atoms with Gasteiger partial charge in [-0.25, -0.2) is 5.43 Å². The van der Waals surface area contributed by atoms with Crippen LogP contribution < -0.4 is 10.7 Å². The number of carbonyl (C=O) groups excluding carboxylic acids is 1. The van der Waals surface area contributed by atoms with E-state index < -0.39 is 11.9 Å². The normalized spacial score (nSPS) is 37.1. The number of carboxylic acid groups (broad SMARTS) is 1. The van der Waals surface area contributed by atoms with Crippen LogP contribution in [0.1, 0.15) is 13.3 Å². The Morgan fingerprint density at radius 1 is 1.64 bits per heavy atom. The molecule has 0 spiro atoms. The second-order valence-corrected chi connectivity index (χ2v) is 3.79. The highest BCUT2D eigenvalue weighted by atomic mass is 16.4. The highest BCUT2D eigenvalue weighted by Crippen LogP contribution is 2.19. The van der Waals surface area contributed by atoms with Crippen molar-refractivity contribution < 1.29 is 14.7 Å². The van der Waals surface area contributed by atoms with Gasteiger partial charge in [0.15, 0.2) is 0 Å². The maximum atomic E-state index is 11.6. The van der Waals surface area contributed by atoms with Crippen LogP contribution in [0.25, 0.3) is 0 Å². The topological polar surface area (TPSA) is 81.7 Å². The Bertz CT molecular complexity index is 281. The second kappa shape index (κ2) is 3.21. The summed E-state index contributed by atoms with van der Waals surface area (Å²) in [5.74, 6) is -2.36. The van der Waals surface area contributed by atoms with Crippen LogP contribution in [0, 0.1) is 5.92 Å². The quantitative estimate of drug-likeness (QED) is 0.459. The van der Waals surface area contributed by atoms with E-state index in [4.69, 9.17) is 5.11 Å². The van der Waals surface area contributed by atoms with Gasteiger partial charge >= 0.3 is 5.97 Å². The first kappa shape index (κ1) is 9.42. The third kappa shape index (κ3) is 1.36. The van der Waals surface area contributed by atoms with Gasteiger partial charge in [-0.2, -0.15) is 0 Å². The maximum Gasteiger partial charge on any atom is 0.317 e. The highest BCUT2D eigenvalue weighted by molar-refractivity contribution is 5.97. The van der Waals surface area contributed by atoms with E-state index in [0.717, 1.165) is 6.42 Å². The van der Waals surface area contributed by atoms with Gasteiger partial charge in [-0.15, -0.1) is 0 Å². The fourth-order valence-corrected chi connectivity index (χ4v) is 1.91. The molecular weight excluding hydrogens is 186 g/mol. The number of hydrogen-bond acceptors (Lipinski definition) is 4. The largest absolute Gasteiger partial charge is 0.481 e. The summed E-state index contributed by atoms with van der Waals surface area (Å²) >= 11 is 0. The van der Waals surface area contributed by atoms with Crippen LogP contribution in [0.4, 0.5) is 0 Å². The molecule has 0 saturated carbocycles. The molecular formula is C8H13N3O3. The van der Waals surface area contributed by atoms with Crippen molar-refractivity contribution in [2.24, 2.45) is 5.92 Å². The third-order valence-electron chi connectivity index (χ3n) is 2.64. The van der Waals surface area contributed by atoms with Crippen LogP contribution in [-0.2, 0) is 9.59 Å². The SMILES string of the molecule is CC1CC2NCC(C(=O)O)C(=O)N2N1. The minimum Gasteiger partial charge on any atom is -0.481 e.